The lowest BCUT2D eigenvalue weighted by Gasteiger charge is -2.04. The van der Waals surface area contributed by atoms with Crippen molar-refractivity contribution in [1.82, 2.24) is 4.98 Å². The summed E-state index contributed by atoms with van der Waals surface area (Å²) in [5.41, 5.74) is 5.59. The number of hydrogen-bond acceptors (Lipinski definition) is 0. The first-order valence-corrected chi connectivity index (χ1v) is 6.25. The Morgan fingerprint density at radius 1 is 1.27 bits per heavy atom. The molecule has 2 aromatic rings. The third kappa shape index (κ3) is 1.35. The van der Waals surface area contributed by atoms with Crippen LogP contribution in [0.1, 0.15) is 35.4 Å². The number of benzene rings is 1. The normalized spacial score (nSPS) is 16.2. The number of halogens is 1. The summed E-state index contributed by atoms with van der Waals surface area (Å²) < 4.78 is 1.19. The van der Waals surface area contributed by atoms with Crippen LogP contribution in [0, 0.1) is 13.8 Å². The Balaban J connectivity index is 2.40. The van der Waals surface area contributed by atoms with E-state index in [0.717, 1.165) is 5.92 Å². The minimum absolute atomic E-state index is 0.786. The molecular weight excluding hydrogens is 250 g/mol. The Labute approximate surface area is 98.0 Å². The summed E-state index contributed by atoms with van der Waals surface area (Å²) >= 11 is 3.65. The lowest BCUT2D eigenvalue weighted by Crippen LogP contribution is -1.84. The molecule has 3 rings (SSSR count). The van der Waals surface area contributed by atoms with Gasteiger partial charge in [0.1, 0.15) is 0 Å². The van der Waals surface area contributed by atoms with Gasteiger partial charge in [0.2, 0.25) is 0 Å². The lowest BCUT2D eigenvalue weighted by atomic mass is 10.0. The summed E-state index contributed by atoms with van der Waals surface area (Å²) in [6, 6.07) is 4.38. The molecule has 0 saturated heterocycles. The van der Waals surface area contributed by atoms with Crippen molar-refractivity contribution in [2.24, 2.45) is 0 Å². The van der Waals surface area contributed by atoms with Crippen LogP contribution in [0.4, 0.5) is 0 Å². The highest BCUT2D eigenvalue weighted by molar-refractivity contribution is 9.10. The van der Waals surface area contributed by atoms with Crippen molar-refractivity contribution >= 4 is 26.8 Å². The van der Waals surface area contributed by atoms with Crippen molar-refractivity contribution in [3.63, 3.8) is 0 Å². The fourth-order valence-electron chi connectivity index (χ4n) is 2.32. The Morgan fingerprint density at radius 2 is 2.00 bits per heavy atom. The molecule has 0 bridgehead atoms. The molecule has 1 heterocycles. The monoisotopic (exact) mass is 263 g/mol. The molecule has 15 heavy (non-hydrogen) atoms. The molecular formula is C13H14BrN. The van der Waals surface area contributed by atoms with Gasteiger partial charge < -0.3 is 4.98 Å². The largest absolute Gasteiger partial charge is 0.349 e. The van der Waals surface area contributed by atoms with Crippen molar-refractivity contribution in [3.05, 3.63) is 33.4 Å². The SMILES string of the molecule is Cc1ccc2[nH]c(Br)c(C3CC3)c2c1C. The molecule has 0 aliphatic heterocycles. The van der Waals surface area contributed by atoms with Crippen LogP contribution in [0.15, 0.2) is 16.7 Å². The summed E-state index contributed by atoms with van der Waals surface area (Å²) in [6.07, 6.45) is 2.69. The van der Waals surface area contributed by atoms with Gasteiger partial charge in [0, 0.05) is 10.9 Å². The lowest BCUT2D eigenvalue weighted by molar-refractivity contribution is 1.12. The van der Waals surface area contributed by atoms with E-state index in [1.807, 2.05) is 0 Å². The van der Waals surface area contributed by atoms with Crippen LogP contribution in [0.2, 0.25) is 0 Å². The Bertz CT molecular complexity index is 535. The van der Waals surface area contributed by atoms with Crippen molar-refractivity contribution in [2.75, 3.05) is 0 Å². The van der Waals surface area contributed by atoms with Gasteiger partial charge in [-0.05, 0) is 71.3 Å². The number of hydrogen-bond donors (Lipinski definition) is 1. The van der Waals surface area contributed by atoms with E-state index in [0.29, 0.717) is 0 Å². The van der Waals surface area contributed by atoms with Crippen LogP contribution >= 0.6 is 15.9 Å². The predicted molar refractivity (Wildman–Crippen MR) is 67.4 cm³/mol. The van der Waals surface area contributed by atoms with Gasteiger partial charge in [-0.2, -0.15) is 0 Å². The number of nitrogens with one attached hydrogen (secondary N) is 1. The number of aromatic amines is 1. The molecule has 1 aliphatic rings. The first-order chi connectivity index (χ1) is 7.18. The molecule has 1 aromatic heterocycles. The standard InChI is InChI=1S/C13H14BrN/c1-7-3-6-10-11(8(7)2)12(9-4-5-9)13(14)15-10/h3,6,9,15H,4-5H2,1-2H3. The molecule has 0 unspecified atom stereocenters. The number of aryl methyl sites for hydroxylation is 2. The molecule has 1 nitrogen and oxygen atoms in total. The van der Waals surface area contributed by atoms with Crippen LogP contribution in [0.3, 0.4) is 0 Å². The summed E-state index contributed by atoms with van der Waals surface area (Å²) in [4.78, 5) is 3.43. The molecule has 2 heteroatoms. The second-order valence-electron chi connectivity index (χ2n) is 4.56. The van der Waals surface area contributed by atoms with Gasteiger partial charge in [0.05, 0.1) is 4.60 Å². The summed E-state index contributed by atoms with van der Waals surface area (Å²) in [6.45, 7) is 4.41. The number of aromatic nitrogens is 1. The molecule has 0 atom stereocenters. The second-order valence-corrected chi connectivity index (χ2v) is 5.35. The highest BCUT2D eigenvalue weighted by atomic mass is 79.9. The quantitative estimate of drug-likeness (QED) is 0.784. The molecule has 1 saturated carbocycles. The maximum absolute atomic E-state index is 3.65. The number of fused-ring (bicyclic) bond motifs is 1. The summed E-state index contributed by atoms with van der Waals surface area (Å²) in [5, 5.41) is 1.45. The average Bonchev–Trinajstić information content (AvgIpc) is 2.97. The maximum atomic E-state index is 3.65. The molecule has 1 N–H and O–H groups in total. The fourth-order valence-corrected chi connectivity index (χ4v) is 3.05. The van der Waals surface area contributed by atoms with E-state index < -0.39 is 0 Å². The van der Waals surface area contributed by atoms with Crippen LogP contribution in [-0.2, 0) is 0 Å². The molecule has 0 spiro atoms. The van der Waals surface area contributed by atoms with Crippen molar-refractivity contribution in [3.8, 4) is 0 Å². The molecule has 0 amide bonds. The number of rotatable bonds is 1. The average molecular weight is 264 g/mol. The third-order valence-electron chi connectivity index (χ3n) is 3.47. The zero-order valence-electron chi connectivity index (χ0n) is 9.02. The topological polar surface area (TPSA) is 15.8 Å². The smallest absolute Gasteiger partial charge is 0.0866 e. The minimum Gasteiger partial charge on any atom is -0.349 e. The third-order valence-corrected chi connectivity index (χ3v) is 4.10. The van der Waals surface area contributed by atoms with E-state index in [1.165, 1.54) is 45.0 Å². The zero-order chi connectivity index (χ0) is 10.6. The van der Waals surface area contributed by atoms with Crippen molar-refractivity contribution < 1.29 is 0 Å². The first kappa shape index (κ1) is 9.46. The predicted octanol–water partition coefficient (Wildman–Crippen LogP) is 4.42. The Kier molecular flexibility index (Phi) is 1.96. The van der Waals surface area contributed by atoms with E-state index in [4.69, 9.17) is 0 Å². The van der Waals surface area contributed by atoms with Crippen LogP contribution in [-0.4, -0.2) is 4.98 Å². The van der Waals surface area contributed by atoms with Gasteiger partial charge in [0.25, 0.3) is 0 Å². The highest BCUT2D eigenvalue weighted by Gasteiger charge is 2.29. The Hall–Kier alpha value is -0.760. The van der Waals surface area contributed by atoms with Gasteiger partial charge in [-0.3, -0.25) is 0 Å². The Morgan fingerprint density at radius 3 is 2.67 bits per heavy atom. The van der Waals surface area contributed by atoms with Gasteiger partial charge in [-0.25, -0.2) is 0 Å². The first-order valence-electron chi connectivity index (χ1n) is 5.45. The van der Waals surface area contributed by atoms with Gasteiger partial charge >= 0.3 is 0 Å². The van der Waals surface area contributed by atoms with E-state index in [2.05, 4.69) is 46.9 Å². The molecule has 78 valence electrons. The van der Waals surface area contributed by atoms with E-state index >= 15 is 0 Å². The van der Waals surface area contributed by atoms with E-state index in [9.17, 15) is 0 Å². The number of H-pyrrole nitrogens is 1. The van der Waals surface area contributed by atoms with Crippen LogP contribution in [0.5, 0.6) is 0 Å². The molecule has 1 aliphatic carbocycles. The van der Waals surface area contributed by atoms with Crippen molar-refractivity contribution in [2.45, 2.75) is 32.6 Å². The maximum Gasteiger partial charge on any atom is 0.0866 e. The van der Waals surface area contributed by atoms with Crippen LogP contribution in [0.25, 0.3) is 10.9 Å². The molecule has 0 radical (unpaired) electrons. The van der Waals surface area contributed by atoms with E-state index in [-0.39, 0.29) is 0 Å². The van der Waals surface area contributed by atoms with Crippen molar-refractivity contribution in [1.29, 1.82) is 0 Å². The molecule has 1 fully saturated rings. The fraction of sp³-hybridized carbons (Fsp3) is 0.385. The van der Waals surface area contributed by atoms with Crippen LogP contribution < -0.4 is 0 Å². The minimum atomic E-state index is 0.786. The second kappa shape index (κ2) is 3.11. The summed E-state index contributed by atoms with van der Waals surface area (Å²) in [5.74, 6) is 0.786. The highest BCUT2D eigenvalue weighted by Crippen LogP contribution is 2.47. The van der Waals surface area contributed by atoms with Gasteiger partial charge in [-0.1, -0.05) is 6.07 Å². The zero-order valence-corrected chi connectivity index (χ0v) is 10.6. The summed E-state index contributed by atoms with van der Waals surface area (Å²) in [7, 11) is 0. The van der Waals surface area contributed by atoms with Gasteiger partial charge in [0.15, 0.2) is 0 Å². The molecule has 1 aromatic carbocycles. The van der Waals surface area contributed by atoms with Gasteiger partial charge in [-0.15, -0.1) is 0 Å². The van der Waals surface area contributed by atoms with E-state index in [1.54, 1.807) is 0 Å².